The second-order valence-corrected chi connectivity index (χ2v) is 16.7. The summed E-state index contributed by atoms with van der Waals surface area (Å²) in [7, 11) is 1.99. The molecular formula is C44H57N9O5. The van der Waals surface area contributed by atoms with Crippen LogP contribution in [0.4, 0.5) is 10.5 Å². The number of anilines is 1. The summed E-state index contributed by atoms with van der Waals surface area (Å²) < 4.78 is 5.36. The number of hydrogen-bond donors (Lipinski definition) is 6. The van der Waals surface area contributed by atoms with Gasteiger partial charge in [-0.3, -0.25) is 14.4 Å². The number of aryl methyl sites for hydroxylation is 1. The number of tetrazole rings is 1. The molecule has 4 aromatic rings. The minimum atomic E-state index is -0.838. The van der Waals surface area contributed by atoms with Crippen molar-refractivity contribution in [2.24, 2.45) is 11.8 Å². The van der Waals surface area contributed by atoms with E-state index in [9.17, 15) is 19.2 Å². The number of hydrogen-bond acceptors (Lipinski definition) is 9. The lowest BCUT2D eigenvalue weighted by Crippen LogP contribution is -2.48. The molecule has 0 radical (unpaired) electrons. The Balaban J connectivity index is 1.09. The summed E-state index contributed by atoms with van der Waals surface area (Å²) >= 11 is 0. The topological polar surface area (TPSA) is 192 Å². The molecule has 0 aliphatic heterocycles. The summed E-state index contributed by atoms with van der Waals surface area (Å²) in [6, 6.07) is 20.8. The molecule has 1 heterocycles. The first-order chi connectivity index (χ1) is 27.8. The van der Waals surface area contributed by atoms with Crippen molar-refractivity contribution in [2.75, 3.05) is 18.9 Å². The largest absolute Gasteiger partial charge is 0.444 e. The van der Waals surface area contributed by atoms with E-state index in [2.05, 4.69) is 47.2 Å². The lowest BCUT2D eigenvalue weighted by molar-refractivity contribution is -0.130. The number of alkyl carbamates (subject to hydrolysis) is 1. The van der Waals surface area contributed by atoms with Gasteiger partial charge in [0.1, 0.15) is 11.6 Å². The summed E-state index contributed by atoms with van der Waals surface area (Å²) in [6.45, 7) is 7.98. The molecule has 4 amide bonds. The molecule has 2 aliphatic carbocycles. The van der Waals surface area contributed by atoms with E-state index in [4.69, 9.17) is 4.74 Å². The van der Waals surface area contributed by atoms with Gasteiger partial charge in [-0.15, -0.1) is 10.2 Å². The van der Waals surface area contributed by atoms with Crippen molar-refractivity contribution >= 4 is 29.5 Å². The number of H-pyrrole nitrogens is 1. The average Bonchev–Trinajstić information content (AvgIpc) is 3.76. The number of benzene rings is 3. The minimum Gasteiger partial charge on any atom is -0.444 e. The molecule has 2 aliphatic rings. The third-order valence-electron chi connectivity index (χ3n) is 11.2. The number of amides is 4. The van der Waals surface area contributed by atoms with Gasteiger partial charge in [0.25, 0.3) is 5.91 Å². The van der Waals surface area contributed by atoms with Crippen molar-refractivity contribution in [1.82, 2.24) is 41.9 Å². The van der Waals surface area contributed by atoms with E-state index >= 15 is 0 Å². The van der Waals surface area contributed by atoms with Gasteiger partial charge in [-0.2, -0.15) is 5.21 Å². The number of nitrogens with zero attached hydrogens (tertiary/aromatic N) is 3. The van der Waals surface area contributed by atoms with E-state index in [1.165, 1.54) is 0 Å². The van der Waals surface area contributed by atoms with Crippen LogP contribution in [0, 0.1) is 18.8 Å². The third kappa shape index (κ3) is 11.7. The van der Waals surface area contributed by atoms with Gasteiger partial charge in [-0.25, -0.2) is 4.79 Å². The molecule has 14 heteroatoms. The Hall–Kier alpha value is -5.63. The maximum absolute atomic E-state index is 13.9. The quantitative estimate of drug-likeness (QED) is 0.0929. The van der Waals surface area contributed by atoms with Gasteiger partial charge in [-0.1, -0.05) is 30.3 Å². The van der Waals surface area contributed by atoms with Crippen LogP contribution in [0.1, 0.15) is 93.6 Å². The zero-order valence-corrected chi connectivity index (χ0v) is 34.2. The highest BCUT2D eigenvalue weighted by molar-refractivity contribution is 5.98. The standard InChI is InChI=1S/C44H57N9O5/c1-27-24-33(41(55)47-36-21-19-34(45-5)20-22-36)16-23-37(27)30-10-6-28(7-11-30)25-38(42(56)48-35-17-14-31(15-18-35)39-50-52-53-51-39)49-40(54)32-12-8-29(9-13-32)26-46-43(57)58-44(2,3)4/h6-7,10-11,14-18,23-24,29,32,34,36,38,45H,8-9,12-13,19-22,25-26H2,1-5H3,(H,46,57)(H,47,55)(H,48,56)(H,49,54)(H,50,51,52,53)/t29?,32?,34?,36?,38-/m0/s1. The molecule has 0 bridgehead atoms. The highest BCUT2D eigenvalue weighted by atomic mass is 16.6. The van der Waals surface area contributed by atoms with Gasteiger partial charge >= 0.3 is 6.09 Å². The van der Waals surface area contributed by atoms with Crippen molar-refractivity contribution < 1.29 is 23.9 Å². The number of aromatic nitrogens is 4. The Morgan fingerprint density at radius 1 is 0.845 bits per heavy atom. The Labute approximate surface area is 340 Å². The molecule has 14 nitrogen and oxygen atoms in total. The van der Waals surface area contributed by atoms with E-state index in [0.29, 0.717) is 42.5 Å². The van der Waals surface area contributed by atoms with Gasteiger partial charge in [0, 0.05) is 47.8 Å². The van der Waals surface area contributed by atoms with Crippen LogP contribution in [-0.4, -0.2) is 81.8 Å². The minimum absolute atomic E-state index is 0.0459. The molecule has 0 saturated heterocycles. The Morgan fingerprint density at radius 2 is 1.52 bits per heavy atom. The van der Waals surface area contributed by atoms with Gasteiger partial charge in [0.15, 0.2) is 0 Å². The van der Waals surface area contributed by atoms with Crippen LogP contribution < -0.4 is 26.6 Å². The SMILES string of the molecule is CNC1CCC(NC(=O)c2ccc(-c3ccc(C[C@H](NC(=O)C4CCC(CNC(=O)OC(C)(C)C)CC4)C(=O)Nc4ccc(-c5nn[nH]n5)cc4)cc3)c(C)c2)CC1. The first-order valence-electron chi connectivity index (χ1n) is 20.4. The number of aromatic amines is 1. The Bertz CT molecular complexity index is 2000. The molecule has 6 rings (SSSR count). The fraction of sp³-hybridized carbons (Fsp3) is 0.477. The van der Waals surface area contributed by atoms with E-state index in [0.717, 1.165) is 66.3 Å². The first kappa shape index (κ1) is 42.0. The third-order valence-corrected chi connectivity index (χ3v) is 11.2. The Kier molecular flexibility index (Phi) is 13.9. The number of ether oxygens (including phenoxy) is 1. The highest BCUT2D eigenvalue weighted by Crippen LogP contribution is 2.30. The number of carbonyl (C=O) groups is 4. The van der Waals surface area contributed by atoms with Crippen molar-refractivity contribution in [3.63, 3.8) is 0 Å². The lowest BCUT2D eigenvalue weighted by Gasteiger charge is -2.29. The molecular weight excluding hydrogens is 735 g/mol. The summed E-state index contributed by atoms with van der Waals surface area (Å²) in [4.78, 5) is 52.9. The smallest absolute Gasteiger partial charge is 0.407 e. The van der Waals surface area contributed by atoms with Crippen LogP contribution in [-0.2, 0) is 20.7 Å². The summed E-state index contributed by atoms with van der Waals surface area (Å²) in [5.41, 5.74) is 5.27. The molecule has 308 valence electrons. The van der Waals surface area contributed by atoms with Crippen LogP contribution in [0.25, 0.3) is 22.5 Å². The number of rotatable bonds is 13. The molecule has 2 fully saturated rings. The maximum atomic E-state index is 13.9. The Morgan fingerprint density at radius 3 is 2.14 bits per heavy atom. The number of nitrogens with one attached hydrogen (secondary N) is 6. The summed E-state index contributed by atoms with van der Waals surface area (Å²) in [6.07, 6.45) is 6.78. The average molecular weight is 792 g/mol. The van der Waals surface area contributed by atoms with Crippen LogP contribution in [0.5, 0.6) is 0 Å². The predicted octanol–water partition coefficient (Wildman–Crippen LogP) is 6.10. The van der Waals surface area contributed by atoms with Gasteiger partial charge in [-0.05, 0) is 156 Å². The van der Waals surface area contributed by atoms with E-state index in [-0.39, 0.29) is 42.0 Å². The summed E-state index contributed by atoms with van der Waals surface area (Å²) in [5.74, 6) is -0.0966. The van der Waals surface area contributed by atoms with Crippen LogP contribution >= 0.6 is 0 Å². The molecule has 1 atom stereocenters. The van der Waals surface area contributed by atoms with E-state index < -0.39 is 17.7 Å². The number of carbonyl (C=O) groups excluding carboxylic acids is 4. The van der Waals surface area contributed by atoms with Gasteiger partial charge < -0.3 is 31.3 Å². The van der Waals surface area contributed by atoms with Crippen molar-refractivity contribution in [3.05, 3.63) is 83.4 Å². The zero-order chi connectivity index (χ0) is 41.2. The molecule has 0 unspecified atom stereocenters. The van der Waals surface area contributed by atoms with Gasteiger partial charge in [0.2, 0.25) is 17.6 Å². The summed E-state index contributed by atoms with van der Waals surface area (Å²) in [5, 5.41) is 29.5. The normalized spacial score (nSPS) is 20.0. The predicted molar refractivity (Wildman–Crippen MR) is 223 cm³/mol. The first-order valence-corrected chi connectivity index (χ1v) is 20.4. The fourth-order valence-corrected chi connectivity index (χ4v) is 7.87. The highest BCUT2D eigenvalue weighted by Gasteiger charge is 2.30. The van der Waals surface area contributed by atoms with Gasteiger partial charge in [0.05, 0.1) is 0 Å². The van der Waals surface area contributed by atoms with Crippen molar-refractivity contribution in [1.29, 1.82) is 0 Å². The lowest BCUT2D eigenvalue weighted by atomic mass is 9.81. The van der Waals surface area contributed by atoms with Crippen LogP contribution in [0.2, 0.25) is 0 Å². The molecule has 6 N–H and O–H groups in total. The van der Waals surface area contributed by atoms with E-state index in [1.54, 1.807) is 24.3 Å². The molecule has 2 saturated carbocycles. The maximum Gasteiger partial charge on any atom is 0.407 e. The second-order valence-electron chi connectivity index (χ2n) is 16.7. The van der Waals surface area contributed by atoms with Crippen LogP contribution in [0.15, 0.2) is 66.7 Å². The monoisotopic (exact) mass is 791 g/mol. The van der Waals surface area contributed by atoms with Crippen molar-refractivity contribution in [2.45, 2.75) is 109 Å². The molecule has 0 spiro atoms. The van der Waals surface area contributed by atoms with E-state index in [1.807, 2.05) is 77.2 Å². The van der Waals surface area contributed by atoms with Crippen LogP contribution in [0.3, 0.4) is 0 Å². The fourth-order valence-electron chi connectivity index (χ4n) is 7.87. The molecule has 58 heavy (non-hydrogen) atoms. The molecule has 1 aromatic heterocycles. The zero-order valence-electron chi connectivity index (χ0n) is 34.2. The van der Waals surface area contributed by atoms with Crippen molar-refractivity contribution in [3.8, 4) is 22.5 Å². The molecule has 3 aromatic carbocycles. The second kappa shape index (κ2) is 19.2.